The van der Waals surface area contributed by atoms with Crippen molar-refractivity contribution in [1.29, 1.82) is 0 Å². The number of aryl methyl sites for hydroxylation is 1. The van der Waals surface area contributed by atoms with E-state index < -0.39 is 13.3 Å². The summed E-state index contributed by atoms with van der Waals surface area (Å²) in [5.74, 6) is 7.73. The van der Waals surface area contributed by atoms with E-state index in [4.69, 9.17) is 4.42 Å². The van der Waals surface area contributed by atoms with Crippen LogP contribution in [-0.4, -0.2) is 23.2 Å². The van der Waals surface area contributed by atoms with E-state index >= 15 is 0 Å². The fourth-order valence-corrected chi connectivity index (χ4v) is 8.71. The van der Waals surface area contributed by atoms with Gasteiger partial charge in [-0.25, -0.2) is 0 Å². The van der Waals surface area contributed by atoms with Crippen LogP contribution in [0.25, 0.3) is 66.4 Å². The molecule has 0 bridgehead atoms. The van der Waals surface area contributed by atoms with Gasteiger partial charge in [0, 0.05) is 31.7 Å². The van der Waals surface area contributed by atoms with Crippen molar-refractivity contribution >= 4 is 50.4 Å². The molecule has 8 rings (SSSR count). The minimum Gasteiger partial charge on any atom is 0 e. The Morgan fingerprint density at radius 1 is 0.745 bits per heavy atom. The van der Waals surface area contributed by atoms with Gasteiger partial charge in [0.1, 0.15) is 5.58 Å². The Hall–Kier alpha value is -4.35. The summed E-state index contributed by atoms with van der Waals surface area (Å²) < 4.78 is 7.87. The number of benzene rings is 5. The van der Waals surface area contributed by atoms with Crippen molar-refractivity contribution in [2.24, 2.45) is 5.92 Å². The van der Waals surface area contributed by atoms with E-state index in [2.05, 4.69) is 151 Å². The molecule has 0 aliphatic carbocycles. The van der Waals surface area contributed by atoms with Gasteiger partial charge in [-0.1, -0.05) is 91.9 Å². The van der Waals surface area contributed by atoms with E-state index in [1.54, 1.807) is 0 Å². The summed E-state index contributed by atoms with van der Waals surface area (Å²) in [4.78, 5) is 9.22. The standard InChI is InChI=1S/C32H26NO.C14H16GeN.Ir/c1-20(2)15-22-13-14-33-30(18-22)29-17-21(3)16-28-27-19-24(11-12-31(27)34-32(28)29)26-10-6-8-23-7-4-5-9-25(23)26;1-15(2,3)13-9-10-14(16-11-13)12-7-5-4-6-8-12;/h4-14,16,18-20H,15H2,1-3H3;4-7,9-11H,1-3H3;/q2*-1;. The molecule has 8 aromatic rings. The summed E-state index contributed by atoms with van der Waals surface area (Å²) in [6.45, 7) is 6.57. The maximum atomic E-state index is 6.42. The number of fused-ring (bicyclic) bond motifs is 4. The van der Waals surface area contributed by atoms with E-state index in [0.717, 1.165) is 56.4 Å². The molecule has 5 heteroatoms. The molecular weight excluding hydrogens is 861 g/mol. The van der Waals surface area contributed by atoms with Crippen molar-refractivity contribution in [1.82, 2.24) is 9.97 Å². The number of hydrogen-bond donors (Lipinski definition) is 0. The average Bonchev–Trinajstić information content (AvgIpc) is 3.49. The molecule has 3 nitrogen and oxygen atoms in total. The Bertz CT molecular complexity index is 2420. The van der Waals surface area contributed by atoms with Crippen LogP contribution in [0.3, 0.4) is 0 Å². The third kappa shape index (κ3) is 8.10. The van der Waals surface area contributed by atoms with Crippen LogP contribution < -0.4 is 4.40 Å². The minimum atomic E-state index is -1.72. The van der Waals surface area contributed by atoms with Crippen LogP contribution in [0.4, 0.5) is 0 Å². The summed E-state index contributed by atoms with van der Waals surface area (Å²) in [6, 6.07) is 47.0. The Morgan fingerprint density at radius 2 is 1.55 bits per heavy atom. The maximum absolute atomic E-state index is 6.42. The monoisotopic (exact) mass is 905 g/mol. The van der Waals surface area contributed by atoms with Crippen LogP contribution in [0.15, 0.2) is 132 Å². The summed E-state index contributed by atoms with van der Waals surface area (Å²) in [6.07, 6.45) is 4.96. The largest absolute Gasteiger partial charge is 0 e. The molecule has 1 radical (unpaired) electrons. The van der Waals surface area contributed by atoms with Crippen molar-refractivity contribution in [2.75, 3.05) is 0 Å². The van der Waals surface area contributed by atoms with Gasteiger partial charge in [-0.2, -0.15) is 0 Å². The molecule has 0 spiro atoms. The van der Waals surface area contributed by atoms with Gasteiger partial charge in [-0.05, 0) is 58.1 Å². The van der Waals surface area contributed by atoms with E-state index in [1.807, 2.05) is 36.7 Å². The molecule has 51 heavy (non-hydrogen) atoms. The molecule has 0 N–H and O–H groups in total. The molecule has 0 atom stereocenters. The van der Waals surface area contributed by atoms with Crippen molar-refractivity contribution in [3.8, 4) is 33.6 Å². The summed E-state index contributed by atoms with van der Waals surface area (Å²) in [7, 11) is 0. The van der Waals surface area contributed by atoms with Gasteiger partial charge >= 0.3 is 99.8 Å². The number of aromatic nitrogens is 2. The van der Waals surface area contributed by atoms with Gasteiger partial charge in [0.05, 0.1) is 5.58 Å². The predicted octanol–water partition coefficient (Wildman–Crippen LogP) is 11.9. The van der Waals surface area contributed by atoms with Crippen LogP contribution in [-0.2, 0) is 26.5 Å². The Kier molecular flexibility index (Phi) is 11.1. The first-order chi connectivity index (χ1) is 24.1. The van der Waals surface area contributed by atoms with Crippen molar-refractivity contribution in [3.05, 3.63) is 151 Å². The molecule has 0 saturated carbocycles. The normalized spacial score (nSPS) is 11.4. The van der Waals surface area contributed by atoms with Gasteiger partial charge in [0.2, 0.25) is 0 Å². The third-order valence-electron chi connectivity index (χ3n) is 9.08. The second-order valence-corrected chi connectivity index (χ2v) is 25.2. The van der Waals surface area contributed by atoms with Crippen molar-refractivity contribution in [2.45, 2.75) is 44.5 Å². The van der Waals surface area contributed by atoms with Crippen molar-refractivity contribution < 1.29 is 24.5 Å². The first-order valence-corrected chi connectivity index (χ1v) is 24.7. The summed E-state index contributed by atoms with van der Waals surface area (Å²) in [5.41, 5.74) is 10.5. The molecule has 0 unspecified atom stereocenters. The van der Waals surface area contributed by atoms with Crippen molar-refractivity contribution in [3.63, 3.8) is 0 Å². The average molecular weight is 904 g/mol. The molecule has 0 saturated heterocycles. The van der Waals surface area contributed by atoms with Gasteiger partial charge in [0.15, 0.2) is 0 Å². The van der Waals surface area contributed by atoms with Gasteiger partial charge in [-0.15, -0.1) is 17.7 Å². The molecule has 0 amide bonds. The van der Waals surface area contributed by atoms with Crippen LogP contribution in [0.5, 0.6) is 0 Å². The SMILES string of the molecule is Cc1[c-]c(-c2cc(CC(C)C)ccn2)c2oc3ccc(-c4cccc5ccccc45)cc3c2c1.[CH3][Ge]([CH3])([CH3])[c]1ccc(-c2[c-]cccc2)nc1.[Ir]. The number of pyridine rings is 2. The zero-order valence-corrected chi connectivity index (χ0v) is 34.5. The fraction of sp³-hybridized carbons (Fsp3) is 0.174. The Balaban J connectivity index is 0.000000222. The van der Waals surface area contributed by atoms with E-state index in [9.17, 15) is 0 Å². The molecule has 0 aliphatic heterocycles. The number of rotatable bonds is 6. The molecule has 0 fully saturated rings. The molecule has 3 heterocycles. The van der Waals surface area contributed by atoms with E-state index in [1.165, 1.54) is 31.9 Å². The molecule has 3 aromatic heterocycles. The number of furan rings is 1. The fourth-order valence-electron chi connectivity index (χ4n) is 6.54. The third-order valence-corrected chi connectivity index (χ3v) is 13.3. The number of hydrogen-bond acceptors (Lipinski definition) is 3. The zero-order chi connectivity index (χ0) is 34.8. The molecular formula is C46H42GeIrN2O-2. The summed E-state index contributed by atoms with van der Waals surface area (Å²) in [5, 5.41) is 4.74. The molecule has 5 aromatic carbocycles. The smallest absolute Gasteiger partial charge is 0 e. The first-order valence-electron chi connectivity index (χ1n) is 17.4. The Labute approximate surface area is 317 Å². The number of nitrogens with zero attached hydrogens (tertiary/aromatic N) is 2. The quantitative estimate of drug-likeness (QED) is 0.123. The first kappa shape index (κ1) is 36.4. The van der Waals surface area contributed by atoms with Crippen LogP contribution in [0, 0.1) is 25.0 Å². The maximum Gasteiger partial charge on any atom is 0 e. The molecule has 0 aliphatic rings. The predicted molar refractivity (Wildman–Crippen MR) is 213 cm³/mol. The zero-order valence-electron chi connectivity index (χ0n) is 30.0. The Morgan fingerprint density at radius 3 is 2.29 bits per heavy atom. The van der Waals surface area contributed by atoms with Gasteiger partial charge < -0.3 is 9.40 Å². The second kappa shape index (κ2) is 15.5. The topological polar surface area (TPSA) is 38.9 Å². The van der Waals surface area contributed by atoms with Crippen LogP contribution in [0.1, 0.15) is 25.0 Å². The van der Waals surface area contributed by atoms with Gasteiger partial charge in [-0.3, -0.25) is 0 Å². The summed E-state index contributed by atoms with van der Waals surface area (Å²) >= 11 is -1.72. The second-order valence-electron chi connectivity index (χ2n) is 14.5. The van der Waals surface area contributed by atoms with Gasteiger partial charge in [0.25, 0.3) is 0 Å². The minimum absolute atomic E-state index is 0. The molecule has 257 valence electrons. The van der Waals surface area contributed by atoms with Crippen LogP contribution >= 0.6 is 0 Å². The van der Waals surface area contributed by atoms with Crippen LogP contribution in [0.2, 0.25) is 17.3 Å². The van der Waals surface area contributed by atoms with E-state index in [-0.39, 0.29) is 20.1 Å². The van der Waals surface area contributed by atoms with E-state index in [0.29, 0.717) is 5.92 Å².